The lowest BCUT2D eigenvalue weighted by molar-refractivity contribution is -0.122. The van der Waals surface area contributed by atoms with Crippen LogP contribution in [0.15, 0.2) is 24.3 Å². The van der Waals surface area contributed by atoms with E-state index in [1.54, 1.807) is 7.11 Å². The van der Waals surface area contributed by atoms with Crippen molar-refractivity contribution in [3.8, 4) is 5.75 Å². The van der Waals surface area contributed by atoms with Gasteiger partial charge < -0.3 is 15.4 Å². The number of anilines is 1. The largest absolute Gasteiger partial charge is 0.497 e. The van der Waals surface area contributed by atoms with E-state index < -0.39 is 0 Å². The van der Waals surface area contributed by atoms with Crippen molar-refractivity contribution in [2.24, 2.45) is 17.6 Å². The molecule has 110 valence electrons. The quantitative estimate of drug-likeness (QED) is 0.868. The molecule has 1 aliphatic carbocycles. The molecule has 2 rings (SSSR count). The number of carbonyl (C=O) groups is 1. The van der Waals surface area contributed by atoms with Gasteiger partial charge in [0.15, 0.2) is 0 Å². The average Bonchev–Trinajstić information content (AvgIpc) is 3.31. The number of ether oxygens (including phenoxy) is 1. The maximum atomic E-state index is 12.6. The third kappa shape index (κ3) is 3.12. The first-order chi connectivity index (χ1) is 9.58. The number of methoxy groups -OCH3 is 1. The van der Waals surface area contributed by atoms with Gasteiger partial charge in [-0.2, -0.15) is 0 Å². The van der Waals surface area contributed by atoms with Crippen molar-refractivity contribution < 1.29 is 9.53 Å². The molecule has 1 saturated carbocycles. The number of rotatable bonds is 6. The van der Waals surface area contributed by atoms with Crippen LogP contribution in [-0.4, -0.2) is 25.6 Å². The van der Waals surface area contributed by atoms with E-state index in [4.69, 9.17) is 10.5 Å². The van der Waals surface area contributed by atoms with Gasteiger partial charge in [-0.05, 0) is 49.9 Å². The first kappa shape index (κ1) is 14.9. The fourth-order valence-electron chi connectivity index (χ4n) is 2.43. The molecule has 1 aliphatic rings. The second-order valence-electron chi connectivity index (χ2n) is 5.62. The number of carbonyl (C=O) groups excluding carboxylic acids is 1. The fraction of sp³-hybridized carbons (Fsp3) is 0.562. The highest BCUT2D eigenvalue weighted by atomic mass is 16.5. The molecular weight excluding hydrogens is 252 g/mol. The smallest absolute Gasteiger partial charge is 0.231 e. The Morgan fingerprint density at radius 2 is 1.95 bits per heavy atom. The van der Waals surface area contributed by atoms with Crippen LogP contribution in [0.4, 0.5) is 5.69 Å². The second kappa shape index (κ2) is 6.27. The monoisotopic (exact) mass is 276 g/mol. The molecule has 0 bridgehead atoms. The first-order valence-corrected chi connectivity index (χ1v) is 7.25. The van der Waals surface area contributed by atoms with Gasteiger partial charge in [0.05, 0.1) is 7.11 Å². The van der Waals surface area contributed by atoms with Crippen molar-refractivity contribution in [2.45, 2.75) is 32.7 Å². The Hall–Kier alpha value is -1.55. The number of nitrogens with zero attached hydrogens (tertiary/aromatic N) is 1. The summed E-state index contributed by atoms with van der Waals surface area (Å²) in [4.78, 5) is 14.5. The Kier molecular flexibility index (Phi) is 4.65. The lowest BCUT2D eigenvalue weighted by atomic mass is 10.1. The molecule has 0 heterocycles. The molecule has 0 radical (unpaired) electrons. The number of hydrogen-bond acceptors (Lipinski definition) is 3. The molecule has 20 heavy (non-hydrogen) atoms. The van der Waals surface area contributed by atoms with Crippen molar-refractivity contribution in [3.63, 3.8) is 0 Å². The van der Waals surface area contributed by atoms with Crippen LogP contribution in [0, 0.1) is 11.8 Å². The molecule has 1 aromatic carbocycles. The molecule has 1 amide bonds. The third-order valence-electron chi connectivity index (χ3n) is 4.07. The molecule has 2 atom stereocenters. The highest BCUT2D eigenvalue weighted by Crippen LogP contribution is 2.37. The second-order valence-corrected chi connectivity index (χ2v) is 5.62. The predicted octanol–water partition coefficient (Wildman–Crippen LogP) is 2.42. The number of nitrogens with two attached hydrogens (primary N) is 1. The lowest BCUT2D eigenvalue weighted by Crippen LogP contribution is -2.44. The maximum Gasteiger partial charge on any atom is 0.231 e. The summed E-state index contributed by atoms with van der Waals surface area (Å²) in [6.45, 7) is 4.39. The molecule has 0 aliphatic heterocycles. The topological polar surface area (TPSA) is 55.6 Å². The lowest BCUT2D eigenvalue weighted by Gasteiger charge is -2.31. The molecule has 2 N–H and O–H groups in total. The van der Waals surface area contributed by atoms with Gasteiger partial charge in [-0.1, -0.05) is 6.92 Å². The van der Waals surface area contributed by atoms with Crippen molar-refractivity contribution in [1.29, 1.82) is 0 Å². The molecule has 1 aromatic rings. The first-order valence-electron chi connectivity index (χ1n) is 7.25. The van der Waals surface area contributed by atoms with Gasteiger partial charge in [-0.3, -0.25) is 4.79 Å². The van der Waals surface area contributed by atoms with E-state index in [0.29, 0.717) is 12.5 Å². The number of amides is 1. The molecule has 2 unspecified atom stereocenters. The van der Waals surface area contributed by atoms with Gasteiger partial charge in [-0.25, -0.2) is 0 Å². The molecule has 1 fully saturated rings. The van der Waals surface area contributed by atoms with Gasteiger partial charge in [0, 0.05) is 24.2 Å². The van der Waals surface area contributed by atoms with Crippen LogP contribution in [0.25, 0.3) is 0 Å². The number of hydrogen-bond donors (Lipinski definition) is 1. The highest BCUT2D eigenvalue weighted by molar-refractivity contribution is 5.95. The summed E-state index contributed by atoms with van der Waals surface area (Å²) >= 11 is 0. The standard InChI is InChI=1S/C16H24N2O2/c1-11(10-17)16(19)18(12(2)13-4-5-13)14-6-8-15(20-3)9-7-14/h6-9,11-13H,4-5,10,17H2,1-3H3. The summed E-state index contributed by atoms with van der Waals surface area (Å²) < 4.78 is 5.17. The Morgan fingerprint density at radius 1 is 1.35 bits per heavy atom. The van der Waals surface area contributed by atoms with Crippen molar-refractivity contribution in [2.75, 3.05) is 18.6 Å². The zero-order valence-corrected chi connectivity index (χ0v) is 12.5. The zero-order chi connectivity index (χ0) is 14.7. The molecule has 0 saturated heterocycles. The molecule has 4 nitrogen and oxygen atoms in total. The van der Waals surface area contributed by atoms with Gasteiger partial charge in [0.1, 0.15) is 5.75 Å². The summed E-state index contributed by atoms with van der Waals surface area (Å²) in [7, 11) is 1.64. The van der Waals surface area contributed by atoms with E-state index in [1.165, 1.54) is 12.8 Å². The minimum absolute atomic E-state index is 0.108. The van der Waals surface area contributed by atoms with Crippen molar-refractivity contribution in [3.05, 3.63) is 24.3 Å². The minimum atomic E-state index is -0.154. The van der Waals surface area contributed by atoms with Crippen LogP contribution in [0.1, 0.15) is 26.7 Å². The summed E-state index contributed by atoms with van der Waals surface area (Å²) in [5.74, 6) is 1.37. The van der Waals surface area contributed by atoms with Crippen LogP contribution in [0.2, 0.25) is 0 Å². The van der Waals surface area contributed by atoms with Crippen LogP contribution >= 0.6 is 0 Å². The van der Waals surface area contributed by atoms with Gasteiger partial charge in [-0.15, -0.1) is 0 Å². The normalized spacial score (nSPS) is 17.4. The molecule has 0 aromatic heterocycles. The summed E-state index contributed by atoms with van der Waals surface area (Å²) in [6.07, 6.45) is 2.41. The summed E-state index contributed by atoms with van der Waals surface area (Å²) in [6, 6.07) is 7.90. The molecule has 0 spiro atoms. The van der Waals surface area contributed by atoms with E-state index in [1.807, 2.05) is 36.1 Å². The maximum absolute atomic E-state index is 12.6. The molecular formula is C16H24N2O2. The van der Waals surface area contributed by atoms with Gasteiger partial charge in [0.25, 0.3) is 0 Å². The Bertz CT molecular complexity index is 454. The SMILES string of the molecule is COc1ccc(N(C(=O)C(C)CN)C(C)C2CC2)cc1. The van der Waals surface area contributed by atoms with Crippen molar-refractivity contribution >= 4 is 11.6 Å². The predicted molar refractivity (Wildman–Crippen MR) is 80.9 cm³/mol. The average molecular weight is 276 g/mol. The van der Waals surface area contributed by atoms with E-state index in [9.17, 15) is 4.79 Å². The van der Waals surface area contributed by atoms with Gasteiger partial charge in [0.2, 0.25) is 5.91 Å². The number of benzene rings is 1. The van der Waals surface area contributed by atoms with Gasteiger partial charge >= 0.3 is 0 Å². The minimum Gasteiger partial charge on any atom is -0.497 e. The van der Waals surface area contributed by atoms with Crippen LogP contribution < -0.4 is 15.4 Å². The van der Waals surface area contributed by atoms with Crippen LogP contribution in [0.5, 0.6) is 5.75 Å². The fourth-order valence-corrected chi connectivity index (χ4v) is 2.43. The Morgan fingerprint density at radius 3 is 2.40 bits per heavy atom. The molecule has 4 heteroatoms. The zero-order valence-electron chi connectivity index (χ0n) is 12.5. The van der Waals surface area contributed by atoms with Crippen LogP contribution in [0.3, 0.4) is 0 Å². The van der Waals surface area contributed by atoms with E-state index >= 15 is 0 Å². The third-order valence-corrected chi connectivity index (χ3v) is 4.07. The summed E-state index contributed by atoms with van der Waals surface area (Å²) in [5.41, 5.74) is 6.59. The highest BCUT2D eigenvalue weighted by Gasteiger charge is 2.36. The Balaban J connectivity index is 2.26. The summed E-state index contributed by atoms with van der Waals surface area (Å²) in [5, 5.41) is 0. The Labute approximate surface area is 120 Å². The van der Waals surface area contributed by atoms with E-state index in [2.05, 4.69) is 6.92 Å². The van der Waals surface area contributed by atoms with Crippen LogP contribution in [-0.2, 0) is 4.79 Å². The van der Waals surface area contributed by atoms with E-state index in [-0.39, 0.29) is 17.9 Å². The van der Waals surface area contributed by atoms with E-state index in [0.717, 1.165) is 11.4 Å². The van der Waals surface area contributed by atoms with Crippen molar-refractivity contribution in [1.82, 2.24) is 0 Å².